The Morgan fingerprint density at radius 1 is 1.30 bits per heavy atom. The summed E-state index contributed by atoms with van der Waals surface area (Å²) in [4.78, 5) is 0. The average molecular weight is 277 g/mol. The maximum Gasteiger partial charge on any atom is 0.153 e. The van der Waals surface area contributed by atoms with Gasteiger partial charge in [-0.3, -0.25) is 0 Å². The van der Waals surface area contributed by atoms with E-state index in [1.165, 1.54) is 0 Å². The molecule has 0 saturated carbocycles. The van der Waals surface area contributed by atoms with Crippen molar-refractivity contribution >= 4 is 5.69 Å². The molecule has 0 spiro atoms. The van der Waals surface area contributed by atoms with Crippen LogP contribution in [0.4, 0.5) is 14.5 Å². The lowest BCUT2D eigenvalue weighted by atomic mass is 10.2. The Balaban J connectivity index is 2.87. The van der Waals surface area contributed by atoms with Crippen molar-refractivity contribution in [1.29, 1.82) is 10.5 Å². The molecular formula is C14H13F2N3O. The molecule has 0 radical (unpaired) electrons. The molecule has 0 unspecified atom stereocenters. The normalized spacial score (nSPS) is 9.25. The number of rotatable bonds is 6. The molecule has 1 rings (SSSR count). The smallest absolute Gasteiger partial charge is 0.153 e. The van der Waals surface area contributed by atoms with Gasteiger partial charge in [0.1, 0.15) is 29.1 Å². The van der Waals surface area contributed by atoms with Gasteiger partial charge in [-0.25, -0.2) is 8.78 Å². The monoisotopic (exact) mass is 277 g/mol. The molecule has 104 valence electrons. The molecule has 1 N–H and O–H groups in total. The van der Waals surface area contributed by atoms with E-state index in [0.29, 0.717) is 6.61 Å². The van der Waals surface area contributed by atoms with E-state index in [-0.39, 0.29) is 11.3 Å². The summed E-state index contributed by atoms with van der Waals surface area (Å²) < 4.78 is 32.6. The first kappa shape index (κ1) is 15.5. The fourth-order valence-electron chi connectivity index (χ4n) is 1.34. The van der Waals surface area contributed by atoms with Gasteiger partial charge in [-0.15, -0.1) is 0 Å². The Labute approximate surface area is 115 Å². The summed E-state index contributed by atoms with van der Waals surface area (Å²) in [5, 5.41) is 19.3. The van der Waals surface area contributed by atoms with Crippen LogP contribution in [0.5, 0.6) is 5.75 Å². The largest absolute Gasteiger partial charge is 0.493 e. The molecule has 1 aromatic rings. The van der Waals surface area contributed by atoms with Crippen LogP contribution < -0.4 is 10.1 Å². The quantitative estimate of drug-likeness (QED) is 0.638. The lowest BCUT2D eigenvalue weighted by Crippen LogP contribution is -2.01. The van der Waals surface area contributed by atoms with Crippen LogP contribution in [0.1, 0.15) is 19.8 Å². The van der Waals surface area contributed by atoms with Crippen LogP contribution in [-0.2, 0) is 0 Å². The van der Waals surface area contributed by atoms with E-state index < -0.39 is 17.3 Å². The van der Waals surface area contributed by atoms with Gasteiger partial charge >= 0.3 is 0 Å². The first-order valence-corrected chi connectivity index (χ1v) is 6.01. The Morgan fingerprint density at radius 3 is 2.40 bits per heavy atom. The molecule has 0 fully saturated rings. The zero-order valence-corrected chi connectivity index (χ0v) is 10.9. The first-order valence-electron chi connectivity index (χ1n) is 6.01. The highest BCUT2D eigenvalue weighted by atomic mass is 19.1. The molecule has 0 aliphatic rings. The molecule has 0 amide bonds. The zero-order valence-electron chi connectivity index (χ0n) is 10.9. The lowest BCUT2D eigenvalue weighted by Gasteiger charge is -2.09. The van der Waals surface area contributed by atoms with E-state index >= 15 is 0 Å². The van der Waals surface area contributed by atoms with Crippen molar-refractivity contribution in [1.82, 2.24) is 0 Å². The molecule has 20 heavy (non-hydrogen) atoms. The Hall–Kier alpha value is -2.60. The Bertz CT molecular complexity index is 546. The summed E-state index contributed by atoms with van der Waals surface area (Å²) in [6.07, 6.45) is 2.65. The second-order valence-electron chi connectivity index (χ2n) is 3.89. The number of ether oxygens (including phenoxy) is 1. The van der Waals surface area contributed by atoms with Crippen molar-refractivity contribution in [3.63, 3.8) is 0 Å². The van der Waals surface area contributed by atoms with Crippen molar-refractivity contribution in [2.24, 2.45) is 0 Å². The number of nitrogens with zero attached hydrogens (tertiary/aromatic N) is 2. The van der Waals surface area contributed by atoms with E-state index in [1.807, 2.05) is 6.92 Å². The lowest BCUT2D eigenvalue weighted by molar-refractivity contribution is 0.306. The minimum absolute atomic E-state index is 0.101. The van der Waals surface area contributed by atoms with Crippen LogP contribution in [0.2, 0.25) is 0 Å². The second-order valence-corrected chi connectivity index (χ2v) is 3.89. The fourth-order valence-corrected chi connectivity index (χ4v) is 1.34. The SMILES string of the molecule is CCCCOc1cc(F)c(NC=C(C#N)C#N)c(F)c1. The third-order valence-electron chi connectivity index (χ3n) is 2.38. The number of hydrogen-bond donors (Lipinski definition) is 1. The maximum absolute atomic E-state index is 13.7. The van der Waals surface area contributed by atoms with Gasteiger partial charge in [0, 0.05) is 18.3 Å². The molecule has 0 atom stereocenters. The molecule has 0 aliphatic heterocycles. The Kier molecular flexibility index (Phi) is 5.99. The van der Waals surface area contributed by atoms with E-state index in [4.69, 9.17) is 15.3 Å². The van der Waals surface area contributed by atoms with Crippen molar-refractivity contribution in [2.45, 2.75) is 19.8 Å². The minimum Gasteiger partial charge on any atom is -0.493 e. The molecule has 0 aromatic heterocycles. The van der Waals surface area contributed by atoms with Crippen molar-refractivity contribution in [3.05, 3.63) is 35.5 Å². The first-order chi connectivity index (χ1) is 9.62. The number of anilines is 1. The summed E-state index contributed by atoms with van der Waals surface area (Å²) in [5.74, 6) is -1.62. The van der Waals surface area contributed by atoms with Crippen molar-refractivity contribution in [3.8, 4) is 17.9 Å². The van der Waals surface area contributed by atoms with E-state index in [9.17, 15) is 8.78 Å². The third kappa shape index (κ3) is 4.25. The van der Waals surface area contributed by atoms with Gasteiger partial charge in [-0.2, -0.15) is 10.5 Å². The Morgan fingerprint density at radius 2 is 1.90 bits per heavy atom. The predicted octanol–water partition coefficient (Wildman–Crippen LogP) is 3.49. The number of benzene rings is 1. The van der Waals surface area contributed by atoms with Crippen molar-refractivity contribution in [2.75, 3.05) is 11.9 Å². The number of nitrogens with one attached hydrogen (secondary N) is 1. The average Bonchev–Trinajstić information content (AvgIpc) is 2.42. The van der Waals surface area contributed by atoms with Crippen molar-refractivity contribution < 1.29 is 13.5 Å². The highest BCUT2D eigenvalue weighted by Gasteiger charge is 2.11. The predicted molar refractivity (Wildman–Crippen MR) is 69.7 cm³/mol. The van der Waals surface area contributed by atoms with Gasteiger partial charge in [0.05, 0.1) is 6.61 Å². The minimum atomic E-state index is -0.858. The molecule has 0 aliphatic carbocycles. The molecule has 1 aromatic carbocycles. The van der Waals surface area contributed by atoms with Crippen LogP contribution in [0, 0.1) is 34.3 Å². The maximum atomic E-state index is 13.7. The molecule has 0 heterocycles. The number of unbranched alkanes of at least 4 members (excludes halogenated alkanes) is 1. The molecule has 0 saturated heterocycles. The molecule has 6 heteroatoms. The second kappa shape index (κ2) is 7.75. The van der Waals surface area contributed by atoms with Gasteiger partial charge in [0.15, 0.2) is 11.6 Å². The highest BCUT2D eigenvalue weighted by molar-refractivity contribution is 5.53. The van der Waals surface area contributed by atoms with Gasteiger partial charge in [-0.1, -0.05) is 13.3 Å². The number of allylic oxidation sites excluding steroid dienone is 1. The summed E-state index contributed by atoms with van der Waals surface area (Å²) in [6, 6.07) is 5.25. The van der Waals surface area contributed by atoms with Crippen LogP contribution >= 0.6 is 0 Å². The number of hydrogen-bond acceptors (Lipinski definition) is 4. The summed E-state index contributed by atoms with van der Waals surface area (Å²) in [6.45, 7) is 2.36. The van der Waals surface area contributed by atoms with E-state index in [2.05, 4.69) is 5.32 Å². The fraction of sp³-hybridized carbons (Fsp3) is 0.286. The van der Waals surface area contributed by atoms with Gasteiger partial charge in [0.2, 0.25) is 0 Å². The molecule has 4 nitrogen and oxygen atoms in total. The van der Waals surface area contributed by atoms with Gasteiger partial charge < -0.3 is 10.1 Å². The van der Waals surface area contributed by atoms with Gasteiger partial charge in [-0.05, 0) is 6.42 Å². The standard InChI is InChI=1S/C14H13F2N3O/c1-2-3-4-20-11-5-12(15)14(13(16)6-11)19-9-10(7-17)8-18/h5-6,9,19H,2-4H2,1H3. The van der Waals surface area contributed by atoms with Crippen LogP contribution in [0.25, 0.3) is 0 Å². The number of nitriles is 2. The third-order valence-corrected chi connectivity index (χ3v) is 2.38. The highest BCUT2D eigenvalue weighted by Crippen LogP contribution is 2.25. The van der Waals surface area contributed by atoms with Crippen LogP contribution in [0.3, 0.4) is 0 Å². The van der Waals surface area contributed by atoms with Gasteiger partial charge in [0.25, 0.3) is 0 Å². The zero-order chi connectivity index (χ0) is 15.0. The summed E-state index contributed by atoms with van der Waals surface area (Å²) in [5.41, 5.74) is -0.720. The van der Waals surface area contributed by atoms with Crippen LogP contribution in [-0.4, -0.2) is 6.61 Å². The topological polar surface area (TPSA) is 68.8 Å². The molecule has 0 bridgehead atoms. The summed E-state index contributed by atoms with van der Waals surface area (Å²) >= 11 is 0. The van der Waals surface area contributed by atoms with Crippen LogP contribution in [0.15, 0.2) is 23.9 Å². The molecular weight excluding hydrogens is 264 g/mol. The summed E-state index contributed by atoms with van der Waals surface area (Å²) in [7, 11) is 0. The number of halogens is 2. The van der Waals surface area contributed by atoms with E-state index in [1.54, 1.807) is 12.1 Å². The van der Waals surface area contributed by atoms with E-state index in [0.717, 1.165) is 31.2 Å².